The molecule has 0 radical (unpaired) electrons. The highest BCUT2D eigenvalue weighted by atomic mass is 32.1. The summed E-state index contributed by atoms with van der Waals surface area (Å²) in [5, 5.41) is 8.76. The van der Waals surface area contributed by atoms with Crippen LogP contribution < -0.4 is 5.73 Å². The molecule has 0 aliphatic heterocycles. The molecule has 0 amide bonds. The van der Waals surface area contributed by atoms with Gasteiger partial charge in [-0.2, -0.15) is 0 Å². The number of nitrogens with zero attached hydrogens (tertiary/aromatic N) is 3. The Balaban J connectivity index is 2.06. The average Bonchev–Trinajstić information content (AvgIpc) is 3.05. The topological polar surface area (TPSA) is 56.2 Å². The fourth-order valence-electron chi connectivity index (χ4n) is 2.95. The molecule has 0 unspecified atom stereocenters. The number of hydrogen-bond acceptors (Lipinski definition) is 4. The van der Waals surface area contributed by atoms with Crippen LogP contribution in [0.15, 0.2) is 36.4 Å². The Bertz CT molecular complexity index is 997. The maximum absolute atomic E-state index is 5.76. The van der Waals surface area contributed by atoms with Crippen LogP contribution in [0.4, 0.5) is 0 Å². The number of thiazole rings is 1. The van der Waals surface area contributed by atoms with Crippen molar-refractivity contribution in [2.24, 2.45) is 5.73 Å². The van der Waals surface area contributed by atoms with Crippen molar-refractivity contribution in [2.75, 3.05) is 0 Å². The Morgan fingerprint density at radius 3 is 2.82 bits per heavy atom. The minimum absolute atomic E-state index is 0.526. The maximum Gasteiger partial charge on any atom is 0.217 e. The highest BCUT2D eigenvalue weighted by molar-refractivity contribution is 7.23. The number of benzene rings is 2. The lowest BCUT2D eigenvalue weighted by Gasteiger charge is -2.04. The lowest BCUT2D eigenvalue weighted by Crippen LogP contribution is -1.97. The Morgan fingerprint density at radius 1 is 1.14 bits per heavy atom. The molecule has 4 rings (SSSR count). The maximum atomic E-state index is 5.76. The Morgan fingerprint density at radius 2 is 2.00 bits per heavy atom. The van der Waals surface area contributed by atoms with E-state index in [1.54, 1.807) is 11.3 Å². The first-order valence-electron chi connectivity index (χ1n) is 7.21. The second-order valence-electron chi connectivity index (χ2n) is 5.58. The summed E-state index contributed by atoms with van der Waals surface area (Å²) in [6.45, 7) is 4.79. The normalized spacial score (nSPS) is 11.6. The molecular formula is C17H16N4S. The van der Waals surface area contributed by atoms with E-state index < -0.39 is 0 Å². The van der Waals surface area contributed by atoms with Crippen LogP contribution in [0.1, 0.15) is 16.7 Å². The lowest BCUT2D eigenvalue weighted by molar-refractivity contribution is 1.07. The molecule has 22 heavy (non-hydrogen) atoms. The Hall–Kier alpha value is -2.24. The zero-order chi connectivity index (χ0) is 15.3. The molecule has 4 nitrogen and oxygen atoms in total. The van der Waals surface area contributed by atoms with E-state index in [1.807, 2.05) is 12.1 Å². The fourth-order valence-corrected chi connectivity index (χ4v) is 4.09. The van der Waals surface area contributed by atoms with Gasteiger partial charge in [0.2, 0.25) is 4.96 Å². The minimum atomic E-state index is 0.526. The van der Waals surface area contributed by atoms with E-state index in [4.69, 9.17) is 5.73 Å². The third-order valence-electron chi connectivity index (χ3n) is 3.89. The first-order valence-corrected chi connectivity index (χ1v) is 8.03. The van der Waals surface area contributed by atoms with Crippen LogP contribution in [0.2, 0.25) is 0 Å². The van der Waals surface area contributed by atoms with Gasteiger partial charge in [-0.25, -0.2) is 0 Å². The van der Waals surface area contributed by atoms with E-state index in [-0.39, 0.29) is 0 Å². The standard InChI is InChI=1S/C17H16N4S/c1-10-6-11(2)15-14(7-10)22-17-20-19-16(21(15)17)13-5-3-4-12(8-13)9-18/h3-8H,9,18H2,1-2H3. The molecule has 5 heteroatoms. The van der Waals surface area contributed by atoms with Gasteiger partial charge in [0.15, 0.2) is 5.82 Å². The van der Waals surface area contributed by atoms with E-state index in [0.717, 1.165) is 21.9 Å². The molecule has 2 aromatic heterocycles. The molecular weight excluding hydrogens is 292 g/mol. The average molecular weight is 308 g/mol. The third kappa shape index (κ3) is 1.94. The number of aryl methyl sites for hydroxylation is 2. The van der Waals surface area contributed by atoms with Crippen molar-refractivity contribution >= 4 is 26.5 Å². The summed E-state index contributed by atoms with van der Waals surface area (Å²) < 4.78 is 3.41. The van der Waals surface area contributed by atoms with Gasteiger partial charge in [-0.3, -0.25) is 4.40 Å². The molecule has 0 saturated heterocycles. The molecule has 2 aromatic carbocycles. The minimum Gasteiger partial charge on any atom is -0.326 e. The monoisotopic (exact) mass is 308 g/mol. The van der Waals surface area contributed by atoms with Crippen molar-refractivity contribution in [2.45, 2.75) is 20.4 Å². The van der Waals surface area contributed by atoms with Gasteiger partial charge in [0.05, 0.1) is 10.2 Å². The zero-order valence-corrected chi connectivity index (χ0v) is 13.3. The summed E-state index contributed by atoms with van der Waals surface area (Å²) in [7, 11) is 0. The smallest absolute Gasteiger partial charge is 0.217 e. The first-order chi connectivity index (χ1) is 10.7. The summed E-state index contributed by atoms with van der Waals surface area (Å²) in [6, 6.07) is 12.6. The third-order valence-corrected chi connectivity index (χ3v) is 4.87. The van der Waals surface area contributed by atoms with Crippen molar-refractivity contribution < 1.29 is 0 Å². The van der Waals surface area contributed by atoms with Crippen molar-refractivity contribution in [1.29, 1.82) is 0 Å². The van der Waals surface area contributed by atoms with E-state index in [2.05, 4.69) is 52.7 Å². The van der Waals surface area contributed by atoms with Gasteiger partial charge in [-0.1, -0.05) is 35.6 Å². The second-order valence-corrected chi connectivity index (χ2v) is 6.59. The molecule has 0 aliphatic rings. The van der Waals surface area contributed by atoms with Crippen LogP contribution in [-0.4, -0.2) is 14.6 Å². The van der Waals surface area contributed by atoms with Gasteiger partial charge in [-0.15, -0.1) is 10.2 Å². The van der Waals surface area contributed by atoms with E-state index in [1.165, 1.54) is 21.3 Å². The zero-order valence-electron chi connectivity index (χ0n) is 12.5. The van der Waals surface area contributed by atoms with Crippen LogP contribution in [0, 0.1) is 13.8 Å². The molecule has 4 aromatic rings. The summed E-state index contributed by atoms with van der Waals surface area (Å²) >= 11 is 1.68. The number of fused-ring (bicyclic) bond motifs is 3. The summed E-state index contributed by atoms with van der Waals surface area (Å²) in [5.41, 5.74) is 11.6. The van der Waals surface area contributed by atoms with E-state index >= 15 is 0 Å². The van der Waals surface area contributed by atoms with Gasteiger partial charge in [0, 0.05) is 12.1 Å². The van der Waals surface area contributed by atoms with Gasteiger partial charge in [0.1, 0.15) is 0 Å². The number of rotatable bonds is 2. The molecule has 0 spiro atoms. The molecule has 0 saturated carbocycles. The van der Waals surface area contributed by atoms with Crippen LogP contribution >= 0.6 is 11.3 Å². The van der Waals surface area contributed by atoms with Crippen molar-refractivity contribution in [3.63, 3.8) is 0 Å². The second kappa shape index (κ2) is 4.90. The molecule has 0 atom stereocenters. The molecule has 0 bridgehead atoms. The molecule has 0 aliphatic carbocycles. The fraction of sp³-hybridized carbons (Fsp3) is 0.176. The van der Waals surface area contributed by atoms with Crippen LogP contribution in [0.25, 0.3) is 26.6 Å². The summed E-state index contributed by atoms with van der Waals surface area (Å²) in [4.78, 5) is 0.928. The van der Waals surface area contributed by atoms with Crippen LogP contribution in [-0.2, 0) is 6.54 Å². The molecule has 0 fully saturated rings. The van der Waals surface area contributed by atoms with Gasteiger partial charge < -0.3 is 5.73 Å². The van der Waals surface area contributed by atoms with Crippen LogP contribution in [0.3, 0.4) is 0 Å². The molecule has 2 heterocycles. The molecule has 2 N–H and O–H groups in total. The SMILES string of the molecule is Cc1cc(C)c2c(c1)sc1nnc(-c3cccc(CN)c3)n12. The Kier molecular flexibility index (Phi) is 2.99. The van der Waals surface area contributed by atoms with E-state index in [9.17, 15) is 0 Å². The van der Waals surface area contributed by atoms with Crippen molar-refractivity contribution in [1.82, 2.24) is 14.6 Å². The Labute approximate surface area is 132 Å². The van der Waals surface area contributed by atoms with E-state index in [0.29, 0.717) is 6.54 Å². The predicted molar refractivity (Wildman–Crippen MR) is 91.2 cm³/mol. The van der Waals surface area contributed by atoms with Crippen molar-refractivity contribution in [3.8, 4) is 11.4 Å². The van der Waals surface area contributed by atoms with Crippen molar-refractivity contribution in [3.05, 3.63) is 53.1 Å². The highest BCUT2D eigenvalue weighted by Crippen LogP contribution is 2.32. The first kappa shape index (κ1) is 13.4. The van der Waals surface area contributed by atoms with Gasteiger partial charge >= 0.3 is 0 Å². The van der Waals surface area contributed by atoms with Gasteiger partial charge in [-0.05, 0) is 42.7 Å². The predicted octanol–water partition coefficient (Wildman–Crippen LogP) is 3.69. The highest BCUT2D eigenvalue weighted by Gasteiger charge is 2.15. The number of aromatic nitrogens is 3. The largest absolute Gasteiger partial charge is 0.326 e. The van der Waals surface area contributed by atoms with Crippen LogP contribution in [0.5, 0.6) is 0 Å². The summed E-state index contributed by atoms with van der Waals surface area (Å²) in [5.74, 6) is 0.878. The number of hydrogen-bond donors (Lipinski definition) is 1. The quantitative estimate of drug-likeness (QED) is 0.614. The lowest BCUT2D eigenvalue weighted by atomic mass is 10.1. The number of nitrogens with two attached hydrogens (primary N) is 1. The molecule has 110 valence electrons. The summed E-state index contributed by atoms with van der Waals surface area (Å²) in [6.07, 6.45) is 0. The van der Waals surface area contributed by atoms with Gasteiger partial charge in [0.25, 0.3) is 0 Å².